The first kappa shape index (κ1) is 20.5. The van der Waals surface area contributed by atoms with E-state index in [0.29, 0.717) is 16.3 Å². The molecule has 4 rings (SSSR count). The van der Waals surface area contributed by atoms with E-state index in [0.717, 1.165) is 26.7 Å². The number of ketones is 1. The van der Waals surface area contributed by atoms with Crippen LogP contribution in [0.15, 0.2) is 66.7 Å². The zero-order valence-corrected chi connectivity index (χ0v) is 18.5. The van der Waals surface area contributed by atoms with Crippen molar-refractivity contribution in [3.05, 3.63) is 83.0 Å². The molecule has 1 N–H and O–H groups in total. The van der Waals surface area contributed by atoms with Gasteiger partial charge in [-0.05, 0) is 56.7 Å². The van der Waals surface area contributed by atoms with E-state index in [1.807, 2.05) is 60.7 Å². The lowest BCUT2D eigenvalue weighted by atomic mass is 10.1. The fourth-order valence-corrected chi connectivity index (χ4v) is 4.39. The SMILES string of the molecule is CC(=O)c1ccc(-c2ccc(-c3cc(C(C)(C)O)nn3-c3ccccc3Cl)s2)cc1. The van der Waals surface area contributed by atoms with Crippen molar-refractivity contribution in [3.63, 3.8) is 0 Å². The second kappa shape index (κ2) is 7.84. The molecule has 0 atom stereocenters. The van der Waals surface area contributed by atoms with Gasteiger partial charge in [-0.15, -0.1) is 11.3 Å². The van der Waals surface area contributed by atoms with E-state index in [1.165, 1.54) is 0 Å². The normalized spacial score (nSPS) is 11.6. The Morgan fingerprint density at radius 2 is 1.70 bits per heavy atom. The van der Waals surface area contributed by atoms with Crippen molar-refractivity contribution in [2.45, 2.75) is 26.4 Å². The highest BCUT2D eigenvalue weighted by Crippen LogP contribution is 2.38. The number of hydrogen-bond acceptors (Lipinski definition) is 4. The van der Waals surface area contributed by atoms with E-state index in [1.54, 1.807) is 36.8 Å². The van der Waals surface area contributed by atoms with Crippen molar-refractivity contribution < 1.29 is 9.90 Å². The van der Waals surface area contributed by atoms with Crippen LogP contribution in [-0.4, -0.2) is 20.7 Å². The molecule has 0 unspecified atom stereocenters. The van der Waals surface area contributed by atoms with E-state index in [9.17, 15) is 9.90 Å². The lowest BCUT2D eigenvalue weighted by Gasteiger charge is -2.13. The highest BCUT2D eigenvalue weighted by molar-refractivity contribution is 7.18. The average molecular weight is 437 g/mol. The van der Waals surface area contributed by atoms with Gasteiger partial charge in [-0.25, -0.2) is 4.68 Å². The second-order valence-corrected chi connectivity index (χ2v) is 9.13. The number of para-hydroxylation sites is 1. The van der Waals surface area contributed by atoms with Crippen LogP contribution in [0.3, 0.4) is 0 Å². The van der Waals surface area contributed by atoms with Crippen molar-refractivity contribution in [2.75, 3.05) is 0 Å². The number of aromatic nitrogens is 2. The first-order chi connectivity index (χ1) is 14.2. The van der Waals surface area contributed by atoms with Gasteiger partial charge in [0.15, 0.2) is 5.78 Å². The average Bonchev–Trinajstić information content (AvgIpc) is 3.35. The summed E-state index contributed by atoms with van der Waals surface area (Å²) in [5, 5.41) is 15.7. The summed E-state index contributed by atoms with van der Waals surface area (Å²) in [6.45, 7) is 4.99. The number of hydrogen-bond donors (Lipinski definition) is 1. The van der Waals surface area contributed by atoms with Crippen LogP contribution in [-0.2, 0) is 5.60 Å². The zero-order chi connectivity index (χ0) is 21.5. The van der Waals surface area contributed by atoms with Crippen LogP contribution in [0.25, 0.3) is 26.7 Å². The third-order valence-electron chi connectivity index (χ3n) is 4.85. The number of benzene rings is 2. The molecule has 30 heavy (non-hydrogen) atoms. The maximum absolute atomic E-state index is 11.5. The highest BCUT2D eigenvalue weighted by atomic mass is 35.5. The van der Waals surface area contributed by atoms with E-state index in [4.69, 9.17) is 11.6 Å². The van der Waals surface area contributed by atoms with Crippen LogP contribution in [0.2, 0.25) is 5.02 Å². The van der Waals surface area contributed by atoms with Crippen LogP contribution in [0.5, 0.6) is 0 Å². The quantitative estimate of drug-likeness (QED) is 0.371. The molecular weight excluding hydrogens is 416 g/mol. The molecule has 6 heteroatoms. The van der Waals surface area contributed by atoms with Crippen molar-refractivity contribution in [3.8, 4) is 26.7 Å². The summed E-state index contributed by atoms with van der Waals surface area (Å²) in [6.07, 6.45) is 0. The third kappa shape index (κ3) is 3.97. The summed E-state index contributed by atoms with van der Waals surface area (Å²) < 4.78 is 1.78. The Hall–Kier alpha value is -2.73. The van der Waals surface area contributed by atoms with Gasteiger partial charge in [0.25, 0.3) is 0 Å². The number of aliphatic hydroxyl groups is 1. The minimum atomic E-state index is -1.08. The molecule has 0 aliphatic rings. The maximum Gasteiger partial charge on any atom is 0.159 e. The highest BCUT2D eigenvalue weighted by Gasteiger charge is 2.24. The van der Waals surface area contributed by atoms with Crippen LogP contribution in [0.4, 0.5) is 0 Å². The fraction of sp³-hybridized carbons (Fsp3) is 0.167. The number of carbonyl (C=O) groups excluding carboxylic acids is 1. The molecule has 152 valence electrons. The largest absolute Gasteiger partial charge is 0.384 e. The Morgan fingerprint density at radius 3 is 2.33 bits per heavy atom. The molecule has 0 aliphatic heterocycles. The molecule has 2 aromatic carbocycles. The fourth-order valence-electron chi connectivity index (χ4n) is 3.16. The van der Waals surface area contributed by atoms with E-state index in [2.05, 4.69) is 11.2 Å². The van der Waals surface area contributed by atoms with Gasteiger partial charge < -0.3 is 5.11 Å². The van der Waals surface area contributed by atoms with Gasteiger partial charge in [0.1, 0.15) is 5.60 Å². The number of nitrogens with zero attached hydrogens (tertiary/aromatic N) is 2. The number of carbonyl (C=O) groups is 1. The molecule has 0 saturated heterocycles. The molecule has 0 saturated carbocycles. The predicted octanol–water partition coefficient (Wildman–Crippen LogP) is 6.35. The number of Topliss-reactive ketones (excluding diaryl/α,β-unsaturated/α-hetero) is 1. The van der Waals surface area contributed by atoms with Crippen molar-refractivity contribution >= 4 is 28.7 Å². The van der Waals surface area contributed by atoms with E-state index in [-0.39, 0.29) is 5.78 Å². The Balaban J connectivity index is 1.80. The van der Waals surface area contributed by atoms with Gasteiger partial charge in [-0.2, -0.15) is 5.10 Å². The number of thiophene rings is 1. The summed E-state index contributed by atoms with van der Waals surface area (Å²) in [5.41, 5.74) is 2.84. The van der Waals surface area contributed by atoms with Gasteiger partial charge in [-0.3, -0.25) is 4.79 Å². The molecule has 2 heterocycles. The van der Waals surface area contributed by atoms with Crippen LogP contribution in [0, 0.1) is 0 Å². The summed E-state index contributed by atoms with van der Waals surface area (Å²) >= 11 is 8.06. The van der Waals surface area contributed by atoms with E-state index < -0.39 is 5.60 Å². The van der Waals surface area contributed by atoms with Crippen LogP contribution in [0.1, 0.15) is 36.8 Å². The Morgan fingerprint density at radius 1 is 1.03 bits per heavy atom. The third-order valence-corrected chi connectivity index (χ3v) is 6.33. The molecule has 0 spiro atoms. The van der Waals surface area contributed by atoms with Crippen molar-refractivity contribution in [1.82, 2.24) is 9.78 Å². The van der Waals surface area contributed by atoms with E-state index >= 15 is 0 Å². The second-order valence-electron chi connectivity index (χ2n) is 7.63. The summed E-state index contributed by atoms with van der Waals surface area (Å²) in [4.78, 5) is 13.6. The standard InChI is InChI=1S/C24H21ClN2O2S/c1-15(28)16-8-10-17(11-9-16)21-12-13-22(30-21)20-14-23(24(2,3)29)26-27(20)19-7-5-4-6-18(19)25/h4-14,29H,1-3H3. The maximum atomic E-state index is 11.5. The first-order valence-electron chi connectivity index (χ1n) is 9.53. The molecule has 4 aromatic rings. The minimum Gasteiger partial charge on any atom is -0.384 e. The lowest BCUT2D eigenvalue weighted by molar-refractivity contribution is 0.0734. The summed E-state index contributed by atoms with van der Waals surface area (Å²) in [5.74, 6) is 0.0520. The molecule has 4 nitrogen and oxygen atoms in total. The minimum absolute atomic E-state index is 0.0520. The lowest BCUT2D eigenvalue weighted by Crippen LogP contribution is -2.16. The first-order valence-corrected chi connectivity index (χ1v) is 10.7. The summed E-state index contributed by atoms with van der Waals surface area (Å²) in [6, 6.07) is 21.1. The number of rotatable bonds is 5. The summed E-state index contributed by atoms with van der Waals surface area (Å²) in [7, 11) is 0. The Bertz CT molecular complexity index is 1220. The van der Waals surface area contributed by atoms with Crippen molar-refractivity contribution in [2.24, 2.45) is 0 Å². The molecule has 0 radical (unpaired) electrons. The topological polar surface area (TPSA) is 55.1 Å². The monoisotopic (exact) mass is 436 g/mol. The molecule has 0 fully saturated rings. The molecule has 0 bridgehead atoms. The number of halogens is 1. The predicted molar refractivity (Wildman–Crippen MR) is 123 cm³/mol. The molecule has 0 aliphatic carbocycles. The molecular formula is C24H21ClN2O2S. The van der Waals surface area contributed by atoms with Gasteiger partial charge in [0.2, 0.25) is 0 Å². The van der Waals surface area contributed by atoms with Gasteiger partial charge in [-0.1, -0.05) is 48.0 Å². The smallest absolute Gasteiger partial charge is 0.159 e. The molecule has 0 amide bonds. The van der Waals surface area contributed by atoms with Gasteiger partial charge in [0, 0.05) is 10.4 Å². The van der Waals surface area contributed by atoms with Gasteiger partial charge in [0.05, 0.1) is 27.0 Å². The van der Waals surface area contributed by atoms with Crippen LogP contribution >= 0.6 is 22.9 Å². The van der Waals surface area contributed by atoms with Crippen molar-refractivity contribution in [1.29, 1.82) is 0 Å². The van der Waals surface area contributed by atoms with Crippen LogP contribution < -0.4 is 0 Å². The van der Waals surface area contributed by atoms with Gasteiger partial charge >= 0.3 is 0 Å². The Labute approximate surface area is 184 Å². The zero-order valence-electron chi connectivity index (χ0n) is 16.9. The Kier molecular flexibility index (Phi) is 5.36. The molecule has 2 aromatic heterocycles.